The smallest absolute Gasteiger partial charge is 0.407 e. The second-order valence-corrected chi connectivity index (χ2v) is 5.64. The first-order valence-corrected chi connectivity index (χ1v) is 6.46. The molecule has 0 unspecified atom stereocenters. The van der Waals surface area contributed by atoms with Gasteiger partial charge in [0.25, 0.3) is 0 Å². The van der Waals surface area contributed by atoms with Gasteiger partial charge in [-0.25, -0.2) is 4.79 Å². The minimum absolute atomic E-state index is 0.102. The summed E-state index contributed by atoms with van der Waals surface area (Å²) in [6.45, 7) is 5.31. The number of ether oxygens (including phenoxy) is 1. The topological polar surface area (TPSA) is 58.6 Å². The normalized spacial score (nSPS) is 13.2. The molecule has 96 valence electrons. The summed E-state index contributed by atoms with van der Waals surface area (Å²) in [4.78, 5) is 11.5. The molecule has 0 saturated carbocycles. The van der Waals surface area contributed by atoms with Crippen LogP contribution in [0.4, 0.5) is 4.79 Å². The van der Waals surface area contributed by atoms with Gasteiger partial charge in [0.1, 0.15) is 5.60 Å². The Morgan fingerprint density at radius 2 is 2.29 bits per heavy atom. The molecule has 17 heavy (non-hydrogen) atoms. The number of nitrogens with one attached hydrogen (secondary N) is 1. The Kier molecular flexibility index (Phi) is 4.96. The van der Waals surface area contributed by atoms with Crippen LogP contribution >= 0.6 is 11.3 Å². The number of carbonyl (C=O) groups is 1. The van der Waals surface area contributed by atoms with Crippen molar-refractivity contribution in [1.29, 1.82) is 0 Å². The molecule has 2 N–H and O–H groups in total. The lowest BCUT2D eigenvalue weighted by Gasteiger charge is -2.22. The summed E-state index contributed by atoms with van der Waals surface area (Å²) in [5.74, 6) is 0. The number of thiophene rings is 1. The molecule has 0 aromatic carbocycles. The van der Waals surface area contributed by atoms with E-state index in [0.717, 1.165) is 5.56 Å². The van der Waals surface area contributed by atoms with Gasteiger partial charge in [-0.2, -0.15) is 11.3 Å². The molecule has 4 nitrogen and oxygen atoms in total. The molecule has 1 aromatic rings. The third kappa shape index (κ3) is 5.70. The zero-order valence-electron chi connectivity index (χ0n) is 10.4. The highest BCUT2D eigenvalue weighted by Crippen LogP contribution is 2.10. The Bertz CT molecular complexity index is 343. The lowest BCUT2D eigenvalue weighted by molar-refractivity contribution is 0.0483. The predicted molar refractivity (Wildman–Crippen MR) is 68.3 cm³/mol. The van der Waals surface area contributed by atoms with E-state index < -0.39 is 11.7 Å². The lowest BCUT2D eigenvalue weighted by atomic mass is 10.1. The van der Waals surface area contributed by atoms with Crippen molar-refractivity contribution in [2.24, 2.45) is 0 Å². The van der Waals surface area contributed by atoms with Crippen molar-refractivity contribution in [2.45, 2.75) is 38.8 Å². The van der Waals surface area contributed by atoms with E-state index in [2.05, 4.69) is 5.32 Å². The standard InChI is InChI=1S/C12H19NO3S/c1-12(2,3)16-11(15)13-10(7-14)6-9-4-5-17-8-9/h4-5,8,10,14H,6-7H2,1-3H3,(H,13,15)/t10-/m0/s1. The van der Waals surface area contributed by atoms with E-state index in [0.29, 0.717) is 6.42 Å². The van der Waals surface area contributed by atoms with Crippen LogP contribution in [0.25, 0.3) is 0 Å². The molecule has 5 heteroatoms. The van der Waals surface area contributed by atoms with Gasteiger partial charge in [0, 0.05) is 0 Å². The van der Waals surface area contributed by atoms with Crippen LogP contribution in [0.2, 0.25) is 0 Å². The average Bonchev–Trinajstić information content (AvgIpc) is 2.66. The molecule has 1 atom stereocenters. The fourth-order valence-corrected chi connectivity index (χ4v) is 2.01. The Balaban J connectivity index is 2.44. The third-order valence-electron chi connectivity index (χ3n) is 2.00. The molecule has 0 spiro atoms. The molecule has 1 heterocycles. The van der Waals surface area contributed by atoms with Crippen molar-refractivity contribution in [1.82, 2.24) is 5.32 Å². The van der Waals surface area contributed by atoms with Gasteiger partial charge in [0.05, 0.1) is 12.6 Å². The highest BCUT2D eigenvalue weighted by molar-refractivity contribution is 7.07. The number of aliphatic hydroxyl groups excluding tert-OH is 1. The summed E-state index contributed by atoms with van der Waals surface area (Å²) >= 11 is 1.60. The maximum absolute atomic E-state index is 11.5. The van der Waals surface area contributed by atoms with E-state index in [1.807, 2.05) is 16.8 Å². The Labute approximate surface area is 106 Å². The van der Waals surface area contributed by atoms with Gasteiger partial charge in [-0.1, -0.05) is 0 Å². The van der Waals surface area contributed by atoms with Crippen LogP contribution in [-0.4, -0.2) is 29.4 Å². The zero-order chi connectivity index (χ0) is 12.9. The minimum Gasteiger partial charge on any atom is -0.444 e. The van der Waals surface area contributed by atoms with Gasteiger partial charge in [0.15, 0.2) is 0 Å². The molecular formula is C12H19NO3S. The number of carbonyl (C=O) groups excluding carboxylic acids is 1. The van der Waals surface area contributed by atoms with E-state index in [4.69, 9.17) is 4.74 Å². The van der Waals surface area contributed by atoms with Gasteiger partial charge in [-0.3, -0.25) is 0 Å². The van der Waals surface area contributed by atoms with Crippen LogP contribution in [-0.2, 0) is 11.2 Å². The van der Waals surface area contributed by atoms with Crippen molar-refractivity contribution in [3.63, 3.8) is 0 Å². The van der Waals surface area contributed by atoms with Gasteiger partial charge in [-0.05, 0) is 49.6 Å². The molecule has 0 aliphatic heterocycles. The molecular weight excluding hydrogens is 238 g/mol. The van der Waals surface area contributed by atoms with Gasteiger partial charge >= 0.3 is 6.09 Å². The average molecular weight is 257 g/mol. The Morgan fingerprint density at radius 1 is 1.59 bits per heavy atom. The molecule has 0 fully saturated rings. The summed E-state index contributed by atoms with van der Waals surface area (Å²) in [5.41, 5.74) is 0.581. The fraction of sp³-hybridized carbons (Fsp3) is 0.583. The van der Waals surface area contributed by atoms with Crippen LogP contribution in [0.15, 0.2) is 16.8 Å². The Morgan fingerprint density at radius 3 is 2.76 bits per heavy atom. The summed E-state index contributed by atoms with van der Waals surface area (Å²) in [6, 6.07) is 1.67. The first-order valence-electron chi connectivity index (χ1n) is 5.52. The Hall–Kier alpha value is -1.07. The number of alkyl carbamates (subject to hydrolysis) is 1. The number of rotatable bonds is 4. The first kappa shape index (κ1) is 14.0. The SMILES string of the molecule is CC(C)(C)OC(=O)N[C@H](CO)Cc1ccsc1. The predicted octanol–water partition coefficient (Wildman–Crippen LogP) is 2.18. The zero-order valence-corrected chi connectivity index (χ0v) is 11.2. The number of amides is 1. The van der Waals surface area contributed by atoms with Gasteiger partial charge < -0.3 is 15.2 Å². The van der Waals surface area contributed by atoms with E-state index in [1.54, 1.807) is 32.1 Å². The largest absolute Gasteiger partial charge is 0.444 e. The van der Waals surface area contributed by atoms with Crippen LogP contribution in [0, 0.1) is 0 Å². The molecule has 1 rings (SSSR count). The van der Waals surface area contributed by atoms with Gasteiger partial charge in [0.2, 0.25) is 0 Å². The molecule has 0 aliphatic rings. The van der Waals surface area contributed by atoms with Crippen molar-refractivity contribution in [2.75, 3.05) is 6.61 Å². The molecule has 1 amide bonds. The van der Waals surface area contributed by atoms with Crippen LogP contribution in [0.3, 0.4) is 0 Å². The van der Waals surface area contributed by atoms with Crippen LogP contribution in [0.1, 0.15) is 26.3 Å². The van der Waals surface area contributed by atoms with Gasteiger partial charge in [-0.15, -0.1) is 0 Å². The summed E-state index contributed by atoms with van der Waals surface area (Å²) in [6.07, 6.45) is 0.117. The van der Waals surface area contributed by atoms with E-state index in [1.165, 1.54) is 0 Å². The second-order valence-electron chi connectivity index (χ2n) is 4.86. The first-order chi connectivity index (χ1) is 7.90. The van der Waals surface area contributed by atoms with Crippen molar-refractivity contribution in [3.8, 4) is 0 Å². The molecule has 1 aromatic heterocycles. The van der Waals surface area contributed by atoms with Crippen molar-refractivity contribution in [3.05, 3.63) is 22.4 Å². The maximum Gasteiger partial charge on any atom is 0.407 e. The van der Waals surface area contributed by atoms with E-state index in [9.17, 15) is 9.90 Å². The quantitative estimate of drug-likeness (QED) is 0.869. The fourth-order valence-electron chi connectivity index (χ4n) is 1.33. The van der Waals surface area contributed by atoms with E-state index >= 15 is 0 Å². The molecule has 0 saturated heterocycles. The monoisotopic (exact) mass is 257 g/mol. The summed E-state index contributed by atoms with van der Waals surface area (Å²) in [7, 11) is 0. The molecule has 0 radical (unpaired) electrons. The number of hydrogen-bond acceptors (Lipinski definition) is 4. The minimum atomic E-state index is -0.521. The van der Waals surface area contributed by atoms with Crippen LogP contribution in [0.5, 0.6) is 0 Å². The van der Waals surface area contributed by atoms with Crippen LogP contribution < -0.4 is 5.32 Å². The second kappa shape index (κ2) is 6.02. The molecule has 0 bridgehead atoms. The summed E-state index contributed by atoms with van der Waals surface area (Å²) < 4.78 is 5.13. The highest BCUT2D eigenvalue weighted by atomic mass is 32.1. The van der Waals surface area contributed by atoms with Crippen molar-refractivity contribution >= 4 is 17.4 Å². The lowest BCUT2D eigenvalue weighted by Crippen LogP contribution is -2.42. The number of hydrogen-bond donors (Lipinski definition) is 2. The summed E-state index contributed by atoms with van der Waals surface area (Å²) in [5, 5.41) is 15.8. The highest BCUT2D eigenvalue weighted by Gasteiger charge is 2.19. The van der Waals surface area contributed by atoms with Crippen molar-refractivity contribution < 1.29 is 14.6 Å². The molecule has 0 aliphatic carbocycles. The number of aliphatic hydroxyl groups is 1. The maximum atomic E-state index is 11.5. The van der Waals surface area contributed by atoms with E-state index in [-0.39, 0.29) is 12.6 Å². The third-order valence-corrected chi connectivity index (χ3v) is 2.74.